The fourth-order valence-corrected chi connectivity index (χ4v) is 6.02. The van der Waals surface area contributed by atoms with Crippen molar-refractivity contribution in [2.24, 2.45) is 0 Å². The average molecular weight is 606 g/mol. The van der Waals surface area contributed by atoms with Gasteiger partial charge in [0.25, 0.3) is 0 Å². The van der Waals surface area contributed by atoms with E-state index in [-0.39, 0.29) is 23.4 Å². The van der Waals surface area contributed by atoms with Crippen LogP contribution in [0.15, 0.2) is 88.2 Å². The summed E-state index contributed by atoms with van der Waals surface area (Å²) in [5.41, 5.74) is 1.12. The molecule has 0 radical (unpaired) electrons. The van der Waals surface area contributed by atoms with Crippen molar-refractivity contribution in [3.63, 3.8) is 0 Å². The van der Waals surface area contributed by atoms with Crippen LogP contribution in [0.1, 0.15) is 18.0 Å². The van der Waals surface area contributed by atoms with Crippen molar-refractivity contribution in [3.8, 4) is 0 Å². The number of anilines is 1. The number of hydrogen-bond acceptors (Lipinski definition) is 4. The zero-order valence-corrected chi connectivity index (χ0v) is 23.0. The van der Waals surface area contributed by atoms with E-state index in [1.165, 1.54) is 12.1 Å². The second kappa shape index (κ2) is 12.1. The minimum atomic E-state index is -4.00. The van der Waals surface area contributed by atoms with Gasteiger partial charge in [-0.25, -0.2) is 13.2 Å². The van der Waals surface area contributed by atoms with Crippen LogP contribution in [0.3, 0.4) is 0 Å². The monoisotopic (exact) mass is 604 g/mol. The van der Waals surface area contributed by atoms with Crippen molar-refractivity contribution in [3.05, 3.63) is 93.9 Å². The van der Waals surface area contributed by atoms with E-state index in [2.05, 4.69) is 26.0 Å². The molecule has 1 aliphatic heterocycles. The van der Waals surface area contributed by atoms with Gasteiger partial charge in [0, 0.05) is 41.4 Å². The number of rotatable bonds is 6. The van der Waals surface area contributed by atoms with Gasteiger partial charge in [-0.2, -0.15) is 4.72 Å². The summed E-state index contributed by atoms with van der Waals surface area (Å²) in [7, 11) is -4.00. The number of benzene rings is 3. The quantitative estimate of drug-likeness (QED) is 0.418. The smallest absolute Gasteiger partial charge is 0.321 e. The summed E-state index contributed by atoms with van der Waals surface area (Å²) in [4.78, 5) is 29.8. The molecule has 0 bridgehead atoms. The van der Waals surface area contributed by atoms with Crippen LogP contribution in [0.5, 0.6) is 0 Å². The van der Waals surface area contributed by atoms with Gasteiger partial charge in [-0.1, -0.05) is 70.0 Å². The predicted molar refractivity (Wildman–Crippen MR) is 147 cm³/mol. The third kappa shape index (κ3) is 7.10. The molecule has 3 aromatic carbocycles. The molecule has 1 unspecified atom stereocenters. The van der Waals surface area contributed by atoms with Crippen LogP contribution < -0.4 is 10.0 Å². The summed E-state index contributed by atoms with van der Waals surface area (Å²) < 4.78 is 29.6. The molecule has 4 rings (SSSR count). The van der Waals surface area contributed by atoms with Crippen LogP contribution in [0.25, 0.3) is 0 Å². The van der Waals surface area contributed by atoms with Crippen molar-refractivity contribution in [1.82, 2.24) is 14.5 Å². The highest BCUT2D eigenvalue weighted by molar-refractivity contribution is 9.10. The molecule has 3 aromatic rings. The largest absolute Gasteiger partial charge is 0.339 e. The summed E-state index contributed by atoms with van der Waals surface area (Å²) in [6.45, 7) is 1.42. The van der Waals surface area contributed by atoms with Crippen molar-refractivity contribution in [2.75, 3.05) is 31.5 Å². The van der Waals surface area contributed by atoms with E-state index in [0.717, 1.165) is 0 Å². The topological polar surface area (TPSA) is 98.8 Å². The van der Waals surface area contributed by atoms with Gasteiger partial charge in [0.15, 0.2) is 0 Å². The van der Waals surface area contributed by atoms with E-state index in [4.69, 9.17) is 11.6 Å². The van der Waals surface area contributed by atoms with Crippen LogP contribution >= 0.6 is 27.5 Å². The number of nitrogens with one attached hydrogen (secondary N) is 2. The second-order valence-corrected chi connectivity index (χ2v) is 11.6. The number of carbonyl (C=O) groups excluding carboxylic acids is 2. The molecule has 0 aromatic heterocycles. The standard InChI is InChI=1S/C26H26BrClN4O4S/c27-20-9-4-12-23(17-20)37(35,36)30-24(19-7-2-1-3-8-19)25(33)31-13-6-14-32(16-15-31)26(34)29-22-11-5-10-21(28)18-22/h1-5,7-12,17-18,24,30H,6,13-16H2,(H,29,34). The highest BCUT2D eigenvalue weighted by Gasteiger charge is 2.32. The highest BCUT2D eigenvalue weighted by Crippen LogP contribution is 2.23. The van der Waals surface area contributed by atoms with E-state index < -0.39 is 16.1 Å². The summed E-state index contributed by atoms with van der Waals surface area (Å²) in [5, 5.41) is 3.35. The fraction of sp³-hybridized carbons (Fsp3) is 0.231. The van der Waals surface area contributed by atoms with Gasteiger partial charge in [-0.15, -0.1) is 0 Å². The molecule has 1 heterocycles. The van der Waals surface area contributed by atoms with Crippen molar-refractivity contribution < 1.29 is 18.0 Å². The third-order valence-electron chi connectivity index (χ3n) is 5.93. The van der Waals surface area contributed by atoms with E-state index in [9.17, 15) is 18.0 Å². The molecule has 0 saturated carbocycles. The van der Waals surface area contributed by atoms with E-state index in [0.29, 0.717) is 46.8 Å². The van der Waals surface area contributed by atoms with Gasteiger partial charge in [-0.05, 0) is 48.4 Å². The van der Waals surface area contributed by atoms with Crippen LogP contribution in [0.2, 0.25) is 5.02 Å². The lowest BCUT2D eigenvalue weighted by Crippen LogP contribution is -2.45. The molecular weight excluding hydrogens is 580 g/mol. The van der Waals surface area contributed by atoms with Gasteiger partial charge in [-0.3, -0.25) is 4.79 Å². The first kappa shape index (κ1) is 27.1. The molecule has 194 valence electrons. The number of nitrogens with zero attached hydrogens (tertiary/aromatic N) is 2. The molecule has 11 heteroatoms. The SMILES string of the molecule is O=C(Nc1cccc(Cl)c1)N1CCCN(C(=O)C(NS(=O)(=O)c2cccc(Br)c2)c2ccccc2)CC1. The number of halogens is 2. The molecule has 1 atom stereocenters. The Kier molecular flexibility index (Phi) is 8.86. The van der Waals surface area contributed by atoms with Gasteiger partial charge in [0.05, 0.1) is 4.90 Å². The molecule has 1 aliphatic rings. The molecule has 2 N–H and O–H groups in total. The summed E-state index contributed by atoms with van der Waals surface area (Å²) in [6, 6.07) is 20.5. The zero-order valence-electron chi connectivity index (χ0n) is 19.8. The Morgan fingerprint density at radius 3 is 2.30 bits per heavy atom. The molecule has 3 amide bonds. The first-order valence-electron chi connectivity index (χ1n) is 11.7. The first-order chi connectivity index (χ1) is 17.7. The zero-order chi connectivity index (χ0) is 26.4. The Hall–Kier alpha value is -2.92. The molecule has 1 saturated heterocycles. The van der Waals surface area contributed by atoms with Crippen LogP contribution in [0.4, 0.5) is 10.5 Å². The molecule has 0 aliphatic carbocycles. The second-order valence-electron chi connectivity index (χ2n) is 8.53. The lowest BCUT2D eigenvalue weighted by Gasteiger charge is -2.27. The number of hydrogen-bond donors (Lipinski definition) is 2. The maximum atomic E-state index is 13.7. The van der Waals surface area contributed by atoms with Crippen molar-refractivity contribution in [2.45, 2.75) is 17.4 Å². The molecule has 1 fully saturated rings. The third-order valence-corrected chi connectivity index (χ3v) is 8.08. The van der Waals surface area contributed by atoms with Gasteiger partial charge >= 0.3 is 6.03 Å². The Morgan fingerprint density at radius 1 is 0.865 bits per heavy atom. The lowest BCUT2D eigenvalue weighted by molar-refractivity contribution is -0.133. The minimum absolute atomic E-state index is 0.0512. The number of amides is 3. The van der Waals surface area contributed by atoms with Crippen LogP contribution in [0, 0.1) is 0 Å². The van der Waals surface area contributed by atoms with E-state index >= 15 is 0 Å². The molecule has 0 spiro atoms. The minimum Gasteiger partial charge on any atom is -0.339 e. The van der Waals surface area contributed by atoms with E-state index in [1.807, 2.05) is 0 Å². The van der Waals surface area contributed by atoms with Gasteiger partial charge in [0.2, 0.25) is 15.9 Å². The molecule has 37 heavy (non-hydrogen) atoms. The van der Waals surface area contributed by atoms with Crippen molar-refractivity contribution in [1.29, 1.82) is 0 Å². The normalized spacial score (nSPS) is 15.1. The van der Waals surface area contributed by atoms with Crippen molar-refractivity contribution >= 4 is 55.2 Å². The molecular formula is C26H26BrClN4O4S. The Balaban J connectivity index is 1.49. The maximum Gasteiger partial charge on any atom is 0.321 e. The van der Waals surface area contributed by atoms with Crippen LogP contribution in [-0.2, 0) is 14.8 Å². The van der Waals surface area contributed by atoms with Gasteiger partial charge < -0.3 is 15.1 Å². The predicted octanol–water partition coefficient (Wildman–Crippen LogP) is 4.89. The van der Waals surface area contributed by atoms with E-state index in [1.54, 1.807) is 76.5 Å². The highest BCUT2D eigenvalue weighted by atomic mass is 79.9. The first-order valence-corrected chi connectivity index (χ1v) is 14.3. The van der Waals surface area contributed by atoms with Crippen LogP contribution in [-0.4, -0.2) is 56.3 Å². The Labute approximate surface area is 229 Å². The average Bonchev–Trinajstić information content (AvgIpc) is 3.14. The summed E-state index contributed by atoms with van der Waals surface area (Å²) >= 11 is 9.30. The number of carbonyl (C=O) groups is 2. The van der Waals surface area contributed by atoms with Gasteiger partial charge in [0.1, 0.15) is 6.04 Å². The Morgan fingerprint density at radius 2 is 1.57 bits per heavy atom. The number of sulfonamides is 1. The summed E-state index contributed by atoms with van der Waals surface area (Å²) in [5.74, 6) is -0.373. The summed E-state index contributed by atoms with van der Waals surface area (Å²) in [6.07, 6.45) is 0.550. The maximum absolute atomic E-state index is 13.7. The molecule has 8 nitrogen and oxygen atoms in total. The lowest BCUT2D eigenvalue weighted by atomic mass is 10.1. The number of urea groups is 1. The fourth-order valence-electron chi connectivity index (χ4n) is 4.06. The Bertz CT molecular complexity index is 1370.